The van der Waals surface area contributed by atoms with Crippen molar-refractivity contribution in [2.75, 3.05) is 11.9 Å². The van der Waals surface area contributed by atoms with Gasteiger partial charge in [-0.2, -0.15) is 0 Å². The molecular formula is C16H16Br2O. The van der Waals surface area contributed by atoms with Crippen molar-refractivity contribution in [3.05, 3.63) is 64.6 Å². The molecule has 1 nitrogen and oxygen atoms in total. The van der Waals surface area contributed by atoms with Crippen LogP contribution in [0.1, 0.15) is 17.9 Å². The van der Waals surface area contributed by atoms with Crippen LogP contribution in [-0.4, -0.2) is 11.9 Å². The Balaban J connectivity index is 1.87. The molecular weight excluding hydrogens is 368 g/mol. The first-order valence-corrected chi connectivity index (χ1v) is 8.20. The Hall–Kier alpha value is -0.800. The van der Waals surface area contributed by atoms with Crippen LogP contribution in [0.25, 0.3) is 0 Å². The molecule has 19 heavy (non-hydrogen) atoms. The third-order valence-corrected chi connectivity index (χ3v) is 4.26. The highest BCUT2D eigenvalue weighted by Crippen LogP contribution is 2.23. The molecule has 0 bridgehead atoms. The van der Waals surface area contributed by atoms with Crippen LogP contribution in [0, 0.1) is 0 Å². The van der Waals surface area contributed by atoms with Gasteiger partial charge in [-0.05, 0) is 36.1 Å². The minimum atomic E-state index is 0.494. The third kappa shape index (κ3) is 4.66. The molecule has 0 radical (unpaired) electrons. The van der Waals surface area contributed by atoms with Gasteiger partial charge in [0.2, 0.25) is 0 Å². The molecule has 0 saturated carbocycles. The maximum absolute atomic E-state index is 5.79. The van der Waals surface area contributed by atoms with E-state index in [9.17, 15) is 0 Å². The largest absolute Gasteiger partial charge is 0.494 e. The van der Waals surface area contributed by atoms with Gasteiger partial charge in [-0.25, -0.2) is 0 Å². The Morgan fingerprint density at radius 1 is 1.00 bits per heavy atom. The van der Waals surface area contributed by atoms with Crippen molar-refractivity contribution in [3.63, 3.8) is 0 Å². The minimum absolute atomic E-state index is 0.494. The molecule has 2 aromatic rings. The van der Waals surface area contributed by atoms with Gasteiger partial charge in [0.25, 0.3) is 0 Å². The Kier molecular flexibility index (Phi) is 5.93. The molecule has 0 saturated heterocycles. The van der Waals surface area contributed by atoms with Crippen molar-refractivity contribution < 1.29 is 4.74 Å². The van der Waals surface area contributed by atoms with Gasteiger partial charge >= 0.3 is 0 Å². The fourth-order valence-electron chi connectivity index (χ4n) is 1.93. The number of halogens is 2. The van der Waals surface area contributed by atoms with Crippen molar-refractivity contribution in [1.29, 1.82) is 0 Å². The third-order valence-electron chi connectivity index (χ3n) is 2.99. The molecule has 3 heteroatoms. The van der Waals surface area contributed by atoms with E-state index in [1.807, 2.05) is 30.3 Å². The normalized spacial score (nSPS) is 12.1. The first kappa shape index (κ1) is 14.6. The lowest BCUT2D eigenvalue weighted by Gasteiger charge is -2.15. The summed E-state index contributed by atoms with van der Waals surface area (Å²) in [5, 5.41) is 0.957. The summed E-state index contributed by atoms with van der Waals surface area (Å²) in [6.07, 6.45) is 1.00. The van der Waals surface area contributed by atoms with Crippen LogP contribution >= 0.6 is 31.9 Å². The van der Waals surface area contributed by atoms with Crippen LogP contribution in [0.3, 0.4) is 0 Å². The molecule has 0 N–H and O–H groups in total. The maximum Gasteiger partial charge on any atom is 0.120 e. The lowest BCUT2D eigenvalue weighted by Crippen LogP contribution is -2.07. The Morgan fingerprint density at radius 3 is 2.47 bits per heavy atom. The fourth-order valence-corrected chi connectivity index (χ4v) is 3.01. The van der Waals surface area contributed by atoms with Crippen LogP contribution in [-0.2, 0) is 0 Å². The number of benzene rings is 2. The summed E-state index contributed by atoms with van der Waals surface area (Å²) in [6.45, 7) is 0.724. The molecule has 100 valence electrons. The number of alkyl halides is 1. The average molecular weight is 384 g/mol. The zero-order chi connectivity index (χ0) is 13.5. The van der Waals surface area contributed by atoms with Crippen molar-refractivity contribution in [3.8, 4) is 5.75 Å². The zero-order valence-electron chi connectivity index (χ0n) is 10.6. The Morgan fingerprint density at radius 2 is 1.79 bits per heavy atom. The van der Waals surface area contributed by atoms with Gasteiger partial charge in [-0.3, -0.25) is 0 Å². The van der Waals surface area contributed by atoms with Gasteiger partial charge in [0.05, 0.1) is 6.61 Å². The first-order chi connectivity index (χ1) is 9.29. The SMILES string of the molecule is BrCC(CCOc1cccc(Br)c1)c1ccccc1. The number of hydrogen-bond donors (Lipinski definition) is 0. The number of ether oxygens (including phenoxy) is 1. The molecule has 0 aromatic heterocycles. The van der Waals surface area contributed by atoms with E-state index in [-0.39, 0.29) is 0 Å². The van der Waals surface area contributed by atoms with Gasteiger partial charge in [0.15, 0.2) is 0 Å². The van der Waals surface area contributed by atoms with E-state index in [0.29, 0.717) is 5.92 Å². The number of hydrogen-bond acceptors (Lipinski definition) is 1. The maximum atomic E-state index is 5.79. The predicted molar refractivity (Wildman–Crippen MR) is 87.2 cm³/mol. The van der Waals surface area contributed by atoms with E-state index < -0.39 is 0 Å². The highest BCUT2D eigenvalue weighted by Gasteiger charge is 2.09. The molecule has 0 heterocycles. The summed E-state index contributed by atoms with van der Waals surface area (Å²) < 4.78 is 6.84. The van der Waals surface area contributed by atoms with Gasteiger partial charge in [0.1, 0.15) is 5.75 Å². The topological polar surface area (TPSA) is 9.23 Å². The summed E-state index contributed by atoms with van der Waals surface area (Å²) in [5.41, 5.74) is 1.36. The molecule has 2 rings (SSSR count). The standard InChI is InChI=1S/C16H16Br2O/c17-12-14(13-5-2-1-3-6-13)9-10-19-16-8-4-7-15(18)11-16/h1-8,11,14H,9-10,12H2. The molecule has 0 fully saturated rings. The van der Waals surface area contributed by atoms with E-state index in [1.165, 1.54) is 5.56 Å². The molecule has 1 atom stereocenters. The molecule has 2 aromatic carbocycles. The van der Waals surface area contributed by atoms with Crippen molar-refractivity contribution in [2.45, 2.75) is 12.3 Å². The highest BCUT2D eigenvalue weighted by atomic mass is 79.9. The highest BCUT2D eigenvalue weighted by molar-refractivity contribution is 9.10. The second-order valence-corrected chi connectivity index (χ2v) is 5.92. The van der Waals surface area contributed by atoms with Crippen LogP contribution in [0.4, 0.5) is 0 Å². The molecule has 0 spiro atoms. The summed E-state index contributed by atoms with van der Waals surface area (Å²) in [6, 6.07) is 18.5. The molecule has 1 unspecified atom stereocenters. The second kappa shape index (κ2) is 7.71. The van der Waals surface area contributed by atoms with Gasteiger partial charge in [-0.1, -0.05) is 68.3 Å². The summed E-state index contributed by atoms with van der Waals surface area (Å²) >= 11 is 7.03. The van der Waals surface area contributed by atoms with Crippen LogP contribution in [0.2, 0.25) is 0 Å². The summed E-state index contributed by atoms with van der Waals surface area (Å²) in [5.74, 6) is 1.41. The van der Waals surface area contributed by atoms with Crippen LogP contribution in [0.15, 0.2) is 59.1 Å². The molecule has 0 aliphatic carbocycles. The van der Waals surface area contributed by atoms with Gasteiger partial charge in [0, 0.05) is 9.80 Å². The summed E-state index contributed by atoms with van der Waals surface area (Å²) in [4.78, 5) is 0. The van der Waals surface area contributed by atoms with Crippen molar-refractivity contribution in [1.82, 2.24) is 0 Å². The molecule has 0 aliphatic rings. The van der Waals surface area contributed by atoms with E-state index in [0.717, 1.165) is 28.6 Å². The predicted octanol–water partition coefficient (Wildman–Crippen LogP) is 5.40. The quantitative estimate of drug-likeness (QED) is 0.607. The summed E-state index contributed by atoms with van der Waals surface area (Å²) in [7, 11) is 0. The van der Waals surface area contributed by atoms with Crippen LogP contribution in [0.5, 0.6) is 5.75 Å². The zero-order valence-corrected chi connectivity index (χ0v) is 13.7. The number of rotatable bonds is 6. The second-order valence-electron chi connectivity index (χ2n) is 4.36. The molecule has 0 amide bonds. The average Bonchev–Trinajstić information content (AvgIpc) is 2.45. The van der Waals surface area contributed by atoms with E-state index in [1.54, 1.807) is 0 Å². The molecule has 0 aliphatic heterocycles. The van der Waals surface area contributed by atoms with E-state index in [2.05, 4.69) is 56.1 Å². The lowest BCUT2D eigenvalue weighted by molar-refractivity contribution is 0.301. The Bertz CT molecular complexity index is 499. The van der Waals surface area contributed by atoms with Crippen LogP contribution < -0.4 is 4.74 Å². The monoisotopic (exact) mass is 382 g/mol. The van der Waals surface area contributed by atoms with E-state index >= 15 is 0 Å². The Labute approximate surface area is 131 Å². The van der Waals surface area contributed by atoms with Crippen molar-refractivity contribution >= 4 is 31.9 Å². The van der Waals surface area contributed by atoms with E-state index in [4.69, 9.17) is 4.74 Å². The minimum Gasteiger partial charge on any atom is -0.494 e. The fraction of sp³-hybridized carbons (Fsp3) is 0.250. The first-order valence-electron chi connectivity index (χ1n) is 6.29. The van der Waals surface area contributed by atoms with Gasteiger partial charge < -0.3 is 4.74 Å². The van der Waals surface area contributed by atoms with Gasteiger partial charge in [-0.15, -0.1) is 0 Å². The lowest BCUT2D eigenvalue weighted by atomic mass is 9.98. The van der Waals surface area contributed by atoms with Crippen molar-refractivity contribution in [2.24, 2.45) is 0 Å². The smallest absolute Gasteiger partial charge is 0.120 e.